The average Bonchev–Trinajstić information content (AvgIpc) is 2.69. The lowest BCUT2D eigenvalue weighted by Gasteiger charge is -2.32. The van der Waals surface area contributed by atoms with E-state index in [-0.39, 0.29) is 10.6 Å². The molecular weight excluding hydrogens is 382 g/mol. The van der Waals surface area contributed by atoms with Gasteiger partial charge in [0.05, 0.1) is 10.6 Å². The van der Waals surface area contributed by atoms with Crippen LogP contribution in [0.3, 0.4) is 0 Å². The van der Waals surface area contributed by atoms with Crippen molar-refractivity contribution in [1.29, 1.82) is 0 Å². The van der Waals surface area contributed by atoms with Gasteiger partial charge >= 0.3 is 6.03 Å². The van der Waals surface area contributed by atoms with Crippen molar-refractivity contribution in [2.24, 2.45) is 0 Å². The Morgan fingerprint density at radius 1 is 1.07 bits per heavy atom. The van der Waals surface area contributed by atoms with Gasteiger partial charge in [-0.15, -0.1) is 0 Å². The van der Waals surface area contributed by atoms with Crippen LogP contribution in [0.5, 0.6) is 0 Å². The standard InChI is InChI=1S/C20H20ClN3O4/c1-14-5-8-16(9-6-14)23(20(26)22-11-3-2-4-12-22)19(25)17-13-15(21)7-10-18(17)24(27)28/h5-10,13H,2-4,11-12H2,1H3. The van der Waals surface area contributed by atoms with Crippen LogP contribution in [-0.2, 0) is 0 Å². The second kappa shape index (κ2) is 8.39. The van der Waals surface area contributed by atoms with Crippen LogP contribution in [-0.4, -0.2) is 34.9 Å². The molecule has 0 aromatic heterocycles. The minimum Gasteiger partial charge on any atom is -0.324 e. The summed E-state index contributed by atoms with van der Waals surface area (Å²) in [6.45, 7) is 2.99. The lowest BCUT2D eigenvalue weighted by molar-refractivity contribution is -0.385. The summed E-state index contributed by atoms with van der Waals surface area (Å²) in [6, 6.07) is 10.1. The first-order valence-electron chi connectivity index (χ1n) is 9.02. The van der Waals surface area contributed by atoms with Gasteiger partial charge in [-0.1, -0.05) is 29.3 Å². The summed E-state index contributed by atoms with van der Waals surface area (Å²) in [5.74, 6) is -0.770. The van der Waals surface area contributed by atoms with Gasteiger partial charge in [0.15, 0.2) is 0 Å². The molecule has 0 saturated carbocycles. The van der Waals surface area contributed by atoms with Gasteiger partial charge in [0, 0.05) is 24.2 Å². The van der Waals surface area contributed by atoms with Crippen molar-refractivity contribution in [3.8, 4) is 0 Å². The Hall–Kier alpha value is -2.93. The van der Waals surface area contributed by atoms with Crippen LogP contribution in [0.25, 0.3) is 0 Å². The second-order valence-corrected chi connectivity index (χ2v) is 7.16. The molecule has 1 aliphatic heterocycles. The van der Waals surface area contributed by atoms with Gasteiger partial charge in [-0.2, -0.15) is 0 Å². The van der Waals surface area contributed by atoms with E-state index in [1.54, 1.807) is 29.2 Å². The van der Waals surface area contributed by atoms with E-state index in [2.05, 4.69) is 0 Å². The number of carbonyl (C=O) groups is 2. The molecule has 0 N–H and O–H groups in total. The number of nitro groups is 1. The number of nitro benzene ring substituents is 1. The number of urea groups is 1. The largest absolute Gasteiger partial charge is 0.331 e. The van der Waals surface area contributed by atoms with E-state index in [9.17, 15) is 19.7 Å². The minimum atomic E-state index is -0.770. The van der Waals surface area contributed by atoms with Crippen LogP contribution in [0.15, 0.2) is 42.5 Å². The summed E-state index contributed by atoms with van der Waals surface area (Å²) >= 11 is 5.98. The quantitative estimate of drug-likeness (QED) is 0.545. The lowest BCUT2D eigenvalue weighted by Crippen LogP contribution is -2.48. The Bertz CT molecular complexity index is 908. The normalized spacial score (nSPS) is 13.9. The Morgan fingerprint density at radius 3 is 2.32 bits per heavy atom. The van der Waals surface area contributed by atoms with Crippen molar-refractivity contribution in [3.63, 3.8) is 0 Å². The molecule has 8 heteroatoms. The van der Waals surface area contributed by atoms with Gasteiger partial charge in [-0.25, -0.2) is 9.69 Å². The molecule has 0 spiro atoms. The smallest absolute Gasteiger partial charge is 0.324 e. The number of likely N-dealkylation sites (tertiary alicyclic amines) is 1. The third-order valence-electron chi connectivity index (χ3n) is 4.70. The minimum absolute atomic E-state index is 0.184. The number of aryl methyl sites for hydroxylation is 1. The summed E-state index contributed by atoms with van der Waals surface area (Å²) in [5.41, 5.74) is 0.720. The number of hydrogen-bond donors (Lipinski definition) is 0. The van der Waals surface area contributed by atoms with Crippen LogP contribution in [0, 0.1) is 17.0 Å². The maximum absolute atomic E-state index is 13.3. The van der Waals surface area contributed by atoms with Gasteiger partial charge in [0.25, 0.3) is 11.6 Å². The van der Waals surface area contributed by atoms with Crippen molar-refractivity contribution < 1.29 is 14.5 Å². The van der Waals surface area contributed by atoms with Crippen molar-refractivity contribution >= 4 is 34.9 Å². The molecule has 2 aromatic carbocycles. The maximum Gasteiger partial charge on any atom is 0.331 e. The van der Waals surface area contributed by atoms with Gasteiger partial charge in [-0.05, 0) is 50.5 Å². The predicted octanol–water partition coefficient (Wildman–Crippen LogP) is 4.81. The number of anilines is 1. The highest BCUT2D eigenvalue weighted by Crippen LogP contribution is 2.28. The van der Waals surface area contributed by atoms with Crippen molar-refractivity contribution in [2.45, 2.75) is 26.2 Å². The SMILES string of the molecule is Cc1ccc(N(C(=O)c2cc(Cl)ccc2[N+](=O)[O-])C(=O)N2CCCCC2)cc1. The number of hydrogen-bond acceptors (Lipinski definition) is 4. The van der Waals surface area contributed by atoms with Gasteiger partial charge < -0.3 is 4.90 Å². The van der Waals surface area contributed by atoms with Crippen molar-refractivity contribution in [2.75, 3.05) is 18.0 Å². The molecule has 3 rings (SSSR count). The zero-order valence-corrected chi connectivity index (χ0v) is 16.2. The lowest BCUT2D eigenvalue weighted by atomic mass is 10.1. The molecule has 1 saturated heterocycles. The number of halogens is 1. The Labute approximate surface area is 167 Å². The number of imide groups is 1. The highest BCUT2D eigenvalue weighted by molar-refractivity contribution is 6.31. The molecular formula is C20H20ClN3O4. The molecule has 0 aliphatic carbocycles. The van der Waals surface area contributed by atoms with Crippen LogP contribution >= 0.6 is 11.6 Å². The van der Waals surface area contributed by atoms with Crippen molar-refractivity contribution in [3.05, 3.63) is 68.7 Å². The third-order valence-corrected chi connectivity index (χ3v) is 4.93. The number of benzene rings is 2. The number of rotatable bonds is 3. The maximum atomic E-state index is 13.3. The first-order valence-corrected chi connectivity index (χ1v) is 9.40. The van der Waals surface area contributed by atoms with Gasteiger partial charge in [-0.3, -0.25) is 14.9 Å². The average molecular weight is 402 g/mol. The summed E-state index contributed by atoms with van der Waals surface area (Å²) in [5, 5.41) is 11.6. The molecule has 28 heavy (non-hydrogen) atoms. The molecule has 2 aromatic rings. The van der Waals surface area contributed by atoms with Crippen LogP contribution < -0.4 is 4.90 Å². The molecule has 1 heterocycles. The predicted molar refractivity (Wildman–Crippen MR) is 107 cm³/mol. The topological polar surface area (TPSA) is 83.8 Å². The highest BCUT2D eigenvalue weighted by atomic mass is 35.5. The van der Waals surface area contributed by atoms with Crippen molar-refractivity contribution in [1.82, 2.24) is 4.90 Å². The second-order valence-electron chi connectivity index (χ2n) is 6.72. The van der Waals surface area contributed by atoms with E-state index < -0.39 is 22.5 Å². The van der Waals surface area contributed by atoms with E-state index in [1.165, 1.54) is 18.2 Å². The van der Waals surface area contributed by atoms with Gasteiger partial charge in [0.1, 0.15) is 5.56 Å². The van der Waals surface area contributed by atoms with E-state index in [4.69, 9.17) is 11.6 Å². The van der Waals surface area contributed by atoms with E-state index >= 15 is 0 Å². The summed E-state index contributed by atoms with van der Waals surface area (Å²) in [4.78, 5) is 39.9. The number of carbonyl (C=O) groups excluding carboxylic acids is 2. The van der Waals surface area contributed by atoms with Crippen LogP contribution in [0.4, 0.5) is 16.2 Å². The fourth-order valence-corrected chi connectivity index (χ4v) is 3.37. The van der Waals surface area contributed by atoms with E-state index in [0.29, 0.717) is 18.8 Å². The molecule has 1 aliphatic rings. The molecule has 146 valence electrons. The Balaban J connectivity index is 2.07. The molecule has 7 nitrogen and oxygen atoms in total. The van der Waals surface area contributed by atoms with E-state index in [1.807, 2.05) is 6.92 Å². The summed E-state index contributed by atoms with van der Waals surface area (Å²) < 4.78 is 0. The number of nitrogens with zero attached hydrogens (tertiary/aromatic N) is 3. The third kappa shape index (κ3) is 4.14. The first-order chi connectivity index (χ1) is 13.4. The monoisotopic (exact) mass is 401 g/mol. The Morgan fingerprint density at radius 2 is 1.71 bits per heavy atom. The zero-order chi connectivity index (χ0) is 20.3. The van der Waals surface area contributed by atoms with Crippen LogP contribution in [0.2, 0.25) is 5.02 Å². The first kappa shape index (κ1) is 19.8. The number of amides is 3. The molecule has 0 radical (unpaired) electrons. The molecule has 0 bridgehead atoms. The fourth-order valence-electron chi connectivity index (χ4n) is 3.19. The highest BCUT2D eigenvalue weighted by Gasteiger charge is 2.33. The molecule has 0 atom stereocenters. The molecule has 3 amide bonds. The molecule has 1 fully saturated rings. The summed E-state index contributed by atoms with van der Waals surface area (Å²) in [7, 11) is 0. The van der Waals surface area contributed by atoms with Crippen LogP contribution in [0.1, 0.15) is 35.2 Å². The Kier molecular flexibility index (Phi) is 5.94. The van der Waals surface area contributed by atoms with E-state index in [0.717, 1.165) is 29.7 Å². The zero-order valence-electron chi connectivity index (χ0n) is 15.4. The fraction of sp³-hybridized carbons (Fsp3) is 0.300. The number of piperidine rings is 1. The summed E-state index contributed by atoms with van der Waals surface area (Å²) in [6.07, 6.45) is 2.75. The van der Waals surface area contributed by atoms with Gasteiger partial charge in [0.2, 0.25) is 0 Å². The molecule has 0 unspecified atom stereocenters.